The van der Waals surface area contributed by atoms with E-state index in [2.05, 4.69) is 0 Å². The van der Waals surface area contributed by atoms with Gasteiger partial charge in [-0.25, -0.2) is 0 Å². The number of benzene rings is 3. The van der Waals surface area contributed by atoms with Crippen LogP contribution in [0.1, 0.15) is 33.5 Å². The van der Waals surface area contributed by atoms with Crippen LogP contribution in [0.15, 0.2) is 84.9 Å². The number of Topliss-reactive ketones (excluding diaryl/α,β-unsaturated/α-hetero) is 1. The third-order valence-electron chi connectivity index (χ3n) is 5.43. The molecule has 3 aromatic rings. The number of amides is 1. The van der Waals surface area contributed by atoms with Gasteiger partial charge < -0.3 is 10.0 Å². The van der Waals surface area contributed by atoms with Crippen molar-refractivity contribution in [1.29, 1.82) is 0 Å². The number of carbonyl (C=O) groups excluding carboxylic acids is 2. The van der Waals surface area contributed by atoms with E-state index in [-0.39, 0.29) is 12.2 Å². The van der Waals surface area contributed by atoms with Gasteiger partial charge in [-0.05, 0) is 18.6 Å². The van der Waals surface area contributed by atoms with E-state index < -0.39 is 11.5 Å². The maximum Gasteiger partial charge on any atom is 0.264 e. The van der Waals surface area contributed by atoms with Crippen molar-refractivity contribution >= 4 is 23.5 Å². The zero-order valence-electron chi connectivity index (χ0n) is 16.8. The van der Waals surface area contributed by atoms with Crippen LogP contribution in [-0.2, 0) is 10.4 Å². The fourth-order valence-corrected chi connectivity index (χ4v) is 3.79. The van der Waals surface area contributed by atoms with Crippen LogP contribution in [0.3, 0.4) is 0 Å². The van der Waals surface area contributed by atoms with Crippen molar-refractivity contribution in [1.82, 2.24) is 0 Å². The van der Waals surface area contributed by atoms with Gasteiger partial charge in [0, 0.05) is 17.7 Å². The van der Waals surface area contributed by atoms with Gasteiger partial charge in [-0.2, -0.15) is 0 Å². The summed E-state index contributed by atoms with van der Waals surface area (Å²) in [4.78, 5) is 27.6. The van der Waals surface area contributed by atoms with Crippen LogP contribution < -0.4 is 4.90 Å². The fourth-order valence-electron chi connectivity index (χ4n) is 3.79. The number of aryl methyl sites for hydroxylation is 1. The second kappa shape index (κ2) is 8.09. The Morgan fingerprint density at radius 3 is 2.37 bits per heavy atom. The molecule has 0 spiro atoms. The Hall–Kier alpha value is -3.50. The quantitative estimate of drug-likeness (QED) is 0.623. The molecule has 0 fully saturated rings. The molecule has 3 aromatic carbocycles. The first-order valence-electron chi connectivity index (χ1n) is 9.94. The highest BCUT2D eigenvalue weighted by Gasteiger charge is 2.50. The van der Waals surface area contributed by atoms with Crippen LogP contribution in [0.5, 0.6) is 0 Å². The van der Waals surface area contributed by atoms with Crippen molar-refractivity contribution in [2.75, 3.05) is 11.4 Å². The molecule has 0 aliphatic carbocycles. The first-order chi connectivity index (χ1) is 14.5. The van der Waals surface area contributed by atoms with Gasteiger partial charge in [-0.1, -0.05) is 90.5 Å². The maximum atomic E-state index is 13.2. The second-order valence-corrected chi connectivity index (χ2v) is 7.57. The average Bonchev–Trinajstić information content (AvgIpc) is 2.97. The number of ketones is 1. The molecule has 0 bridgehead atoms. The summed E-state index contributed by atoms with van der Waals surface area (Å²) in [5.74, 6) is -0.732. The molecule has 4 nitrogen and oxygen atoms in total. The van der Waals surface area contributed by atoms with Crippen LogP contribution in [0, 0.1) is 6.92 Å². The number of para-hydroxylation sites is 1. The standard InChI is InChI=1S/C26H23NO3/c1-19-13-15-21(16-14-19)24(28)18-26(30)22-11-5-6-12-23(22)27(25(26)29)17-7-10-20-8-3-2-4-9-20/h2-16,30H,17-18H2,1H3/b10-7+/t26-/m1/s1. The predicted molar refractivity (Wildman–Crippen MR) is 118 cm³/mol. The van der Waals surface area contributed by atoms with Gasteiger partial charge in [0.25, 0.3) is 5.91 Å². The first-order valence-corrected chi connectivity index (χ1v) is 9.94. The summed E-state index contributed by atoms with van der Waals surface area (Å²) in [6.07, 6.45) is 3.53. The molecule has 1 heterocycles. The van der Waals surface area contributed by atoms with Gasteiger partial charge in [-0.3, -0.25) is 9.59 Å². The molecule has 0 saturated carbocycles. The lowest BCUT2D eigenvalue weighted by atomic mass is 9.88. The molecule has 0 saturated heterocycles. The maximum absolute atomic E-state index is 13.2. The van der Waals surface area contributed by atoms with E-state index in [1.54, 1.807) is 30.3 Å². The zero-order valence-corrected chi connectivity index (χ0v) is 16.8. The van der Waals surface area contributed by atoms with Gasteiger partial charge in [0.05, 0.1) is 12.1 Å². The first kappa shape index (κ1) is 19.8. The second-order valence-electron chi connectivity index (χ2n) is 7.57. The van der Waals surface area contributed by atoms with Crippen LogP contribution in [0.2, 0.25) is 0 Å². The number of hydrogen-bond acceptors (Lipinski definition) is 3. The van der Waals surface area contributed by atoms with E-state index in [4.69, 9.17) is 0 Å². The molecule has 0 unspecified atom stereocenters. The summed E-state index contributed by atoms with van der Waals surface area (Å²) in [7, 11) is 0. The molecule has 0 aromatic heterocycles. The third kappa shape index (κ3) is 3.70. The van der Waals surface area contributed by atoms with Crippen LogP contribution in [0.4, 0.5) is 5.69 Å². The Kier molecular flexibility index (Phi) is 5.34. The number of nitrogens with zero attached hydrogens (tertiary/aromatic N) is 1. The van der Waals surface area contributed by atoms with Crippen molar-refractivity contribution < 1.29 is 14.7 Å². The number of hydrogen-bond donors (Lipinski definition) is 1. The Morgan fingerprint density at radius 2 is 1.63 bits per heavy atom. The fraction of sp³-hybridized carbons (Fsp3) is 0.154. The minimum absolute atomic E-state index is 0.262. The normalized spacial score (nSPS) is 18.1. The van der Waals surface area contributed by atoms with Crippen molar-refractivity contribution in [3.05, 3.63) is 107 Å². The summed E-state index contributed by atoms with van der Waals surface area (Å²) in [5.41, 5.74) is 1.81. The van der Waals surface area contributed by atoms with Gasteiger partial charge in [0.2, 0.25) is 0 Å². The molecule has 1 atom stereocenters. The number of rotatable bonds is 6. The Bertz CT molecular complexity index is 1100. The summed E-state index contributed by atoms with van der Waals surface area (Å²) in [6.45, 7) is 2.26. The molecule has 30 heavy (non-hydrogen) atoms. The molecule has 1 aliphatic rings. The minimum atomic E-state index is -1.86. The van der Waals surface area contributed by atoms with Gasteiger partial charge in [0.15, 0.2) is 11.4 Å². The van der Waals surface area contributed by atoms with Gasteiger partial charge >= 0.3 is 0 Å². The van der Waals surface area contributed by atoms with E-state index in [0.717, 1.165) is 11.1 Å². The van der Waals surface area contributed by atoms with Crippen molar-refractivity contribution in [3.63, 3.8) is 0 Å². The molecule has 1 amide bonds. The molecule has 4 heteroatoms. The SMILES string of the molecule is Cc1ccc(C(=O)C[C@]2(O)C(=O)N(C/C=C/c3ccccc3)c3ccccc32)cc1. The number of aliphatic hydroxyl groups is 1. The highest BCUT2D eigenvalue weighted by molar-refractivity contribution is 6.10. The van der Waals surface area contributed by atoms with E-state index >= 15 is 0 Å². The molecule has 0 radical (unpaired) electrons. The molecule has 1 N–H and O–H groups in total. The summed E-state index contributed by atoms with van der Waals surface area (Å²) < 4.78 is 0. The van der Waals surface area contributed by atoms with Crippen LogP contribution in [0.25, 0.3) is 6.08 Å². The number of anilines is 1. The number of fused-ring (bicyclic) bond motifs is 1. The zero-order chi connectivity index (χ0) is 21.1. The summed E-state index contributed by atoms with van der Waals surface area (Å²) in [6, 6.07) is 24.1. The van der Waals surface area contributed by atoms with Crippen molar-refractivity contribution in [2.24, 2.45) is 0 Å². The molecule has 4 rings (SSSR count). The van der Waals surface area contributed by atoms with E-state index in [9.17, 15) is 14.7 Å². The highest BCUT2D eigenvalue weighted by atomic mass is 16.3. The largest absolute Gasteiger partial charge is 0.375 e. The predicted octanol–water partition coefficient (Wildman–Crippen LogP) is 4.52. The minimum Gasteiger partial charge on any atom is -0.375 e. The van der Waals surface area contributed by atoms with E-state index in [1.807, 2.05) is 67.6 Å². The third-order valence-corrected chi connectivity index (χ3v) is 5.43. The topological polar surface area (TPSA) is 57.6 Å². The van der Waals surface area contributed by atoms with Gasteiger partial charge in [0.1, 0.15) is 0 Å². The lowest BCUT2D eigenvalue weighted by Gasteiger charge is -2.22. The van der Waals surface area contributed by atoms with E-state index in [0.29, 0.717) is 23.4 Å². The molecule has 150 valence electrons. The lowest BCUT2D eigenvalue weighted by Crippen LogP contribution is -2.42. The lowest BCUT2D eigenvalue weighted by molar-refractivity contribution is -0.135. The average molecular weight is 397 g/mol. The monoisotopic (exact) mass is 397 g/mol. The Labute approximate surface area is 176 Å². The van der Waals surface area contributed by atoms with E-state index in [1.165, 1.54) is 4.90 Å². The van der Waals surface area contributed by atoms with Gasteiger partial charge in [-0.15, -0.1) is 0 Å². The number of carbonyl (C=O) groups is 2. The highest BCUT2D eigenvalue weighted by Crippen LogP contribution is 2.42. The summed E-state index contributed by atoms with van der Waals surface area (Å²) >= 11 is 0. The Morgan fingerprint density at radius 1 is 0.967 bits per heavy atom. The van der Waals surface area contributed by atoms with Crippen molar-refractivity contribution in [2.45, 2.75) is 18.9 Å². The smallest absolute Gasteiger partial charge is 0.264 e. The van der Waals surface area contributed by atoms with Crippen LogP contribution >= 0.6 is 0 Å². The summed E-state index contributed by atoms with van der Waals surface area (Å²) in [5, 5.41) is 11.3. The molecule has 1 aliphatic heterocycles. The van der Waals surface area contributed by atoms with Crippen molar-refractivity contribution in [3.8, 4) is 0 Å². The van der Waals surface area contributed by atoms with Crippen LogP contribution in [-0.4, -0.2) is 23.3 Å². The Balaban J connectivity index is 1.59. The molecular weight excluding hydrogens is 374 g/mol. The molecular formula is C26H23NO3.